The molecule has 2 aliphatic heterocycles. The molecule has 0 spiro atoms. The Morgan fingerprint density at radius 3 is 2.08 bits per heavy atom. The van der Waals surface area contributed by atoms with Crippen molar-refractivity contribution in [2.24, 2.45) is 0 Å². The van der Waals surface area contributed by atoms with Crippen LogP contribution in [0, 0.1) is 10.8 Å². The molecule has 0 fully saturated rings. The van der Waals surface area contributed by atoms with E-state index in [0.717, 1.165) is 33.7 Å². The molecule has 0 saturated carbocycles. The largest absolute Gasteiger partial charge is 0.324 e. The van der Waals surface area contributed by atoms with E-state index in [1.165, 1.54) is 6.20 Å². The summed E-state index contributed by atoms with van der Waals surface area (Å²) in [7, 11) is 0. The number of fused-ring (bicyclic) bond motifs is 2. The van der Waals surface area contributed by atoms with Gasteiger partial charge in [-0.2, -0.15) is 0 Å². The van der Waals surface area contributed by atoms with Crippen LogP contribution in [-0.4, -0.2) is 19.8 Å². The smallest absolute Gasteiger partial charge is 0.0816 e. The third-order valence-corrected chi connectivity index (χ3v) is 6.11. The standard InChI is InChI=1S/C31H25N5/c1-3-22-18-27-7-5-13-35(27)15-11-24(22)17-26-9-10-29(31(33)21-34-26)30(32)20-25-12-16-36-14-6-8-28(36)19-23(25)4-2/h3-21,32-33H,1-2H2/b24-17+,25-20+,32-30?,33-31?. The lowest BCUT2D eigenvalue weighted by Crippen LogP contribution is -2.10. The number of rotatable bonds is 5. The van der Waals surface area contributed by atoms with E-state index < -0.39 is 0 Å². The van der Waals surface area contributed by atoms with Gasteiger partial charge in [-0.3, -0.25) is 10.4 Å². The summed E-state index contributed by atoms with van der Waals surface area (Å²) in [5.74, 6) is 0. The van der Waals surface area contributed by atoms with E-state index in [2.05, 4.69) is 24.2 Å². The Hall–Kier alpha value is -5.03. The first-order valence-electron chi connectivity index (χ1n) is 11.5. The first-order valence-corrected chi connectivity index (χ1v) is 11.5. The van der Waals surface area contributed by atoms with Crippen molar-refractivity contribution < 1.29 is 0 Å². The van der Waals surface area contributed by atoms with Gasteiger partial charge in [-0.05, 0) is 95.1 Å². The molecule has 5 heterocycles. The monoisotopic (exact) mass is 467 g/mol. The van der Waals surface area contributed by atoms with Gasteiger partial charge in [-0.25, -0.2) is 0 Å². The zero-order valence-electron chi connectivity index (χ0n) is 19.7. The lowest BCUT2D eigenvalue weighted by molar-refractivity contribution is 1.15. The third kappa shape index (κ3) is 4.50. The van der Waals surface area contributed by atoms with Crippen molar-refractivity contribution in [2.75, 3.05) is 0 Å². The molecule has 5 heteroatoms. The summed E-state index contributed by atoms with van der Waals surface area (Å²) in [6, 6.07) is 11.7. The fourth-order valence-corrected chi connectivity index (χ4v) is 4.17. The van der Waals surface area contributed by atoms with Gasteiger partial charge in [0.2, 0.25) is 0 Å². The van der Waals surface area contributed by atoms with Crippen LogP contribution in [0.2, 0.25) is 0 Å². The van der Waals surface area contributed by atoms with E-state index >= 15 is 0 Å². The van der Waals surface area contributed by atoms with Crippen molar-refractivity contribution in [1.29, 1.82) is 10.8 Å². The lowest BCUT2D eigenvalue weighted by atomic mass is 10.0. The Kier molecular flexibility index (Phi) is 6.12. The van der Waals surface area contributed by atoms with Crippen LogP contribution in [0.4, 0.5) is 0 Å². The van der Waals surface area contributed by atoms with Gasteiger partial charge in [0.15, 0.2) is 0 Å². The summed E-state index contributed by atoms with van der Waals surface area (Å²) < 4.78 is 4.06. The Morgan fingerprint density at radius 1 is 0.833 bits per heavy atom. The quantitative estimate of drug-likeness (QED) is 0.422. The van der Waals surface area contributed by atoms with Crippen molar-refractivity contribution in [3.63, 3.8) is 0 Å². The number of hydrogen-bond acceptors (Lipinski definition) is 3. The summed E-state index contributed by atoms with van der Waals surface area (Å²) >= 11 is 0. The maximum absolute atomic E-state index is 8.74. The average molecular weight is 468 g/mol. The molecule has 2 aliphatic rings. The highest BCUT2D eigenvalue weighted by molar-refractivity contribution is 6.07. The normalized spacial score (nSPS) is 16.4. The maximum atomic E-state index is 8.74. The highest BCUT2D eigenvalue weighted by Crippen LogP contribution is 2.24. The van der Waals surface area contributed by atoms with Crippen LogP contribution in [0.5, 0.6) is 0 Å². The van der Waals surface area contributed by atoms with Gasteiger partial charge in [0.25, 0.3) is 0 Å². The van der Waals surface area contributed by atoms with Gasteiger partial charge in [-0.15, -0.1) is 0 Å². The van der Waals surface area contributed by atoms with Crippen LogP contribution < -0.4 is 5.36 Å². The van der Waals surface area contributed by atoms with Crippen LogP contribution in [0.3, 0.4) is 0 Å². The molecule has 0 aromatic carbocycles. The van der Waals surface area contributed by atoms with Gasteiger partial charge in [-0.1, -0.05) is 25.3 Å². The highest BCUT2D eigenvalue weighted by Gasteiger charge is 2.10. The molecule has 0 atom stereocenters. The summed E-state index contributed by atoms with van der Waals surface area (Å²) in [6.45, 7) is 7.91. The Bertz CT molecular complexity index is 1640. The van der Waals surface area contributed by atoms with E-state index in [9.17, 15) is 0 Å². The van der Waals surface area contributed by atoms with Crippen molar-refractivity contribution in [3.05, 3.63) is 149 Å². The number of hydrogen-bond donors (Lipinski definition) is 2. The fourth-order valence-electron chi connectivity index (χ4n) is 4.17. The van der Waals surface area contributed by atoms with E-state index in [-0.39, 0.29) is 11.1 Å². The second-order valence-corrected chi connectivity index (χ2v) is 8.38. The molecular formula is C31H25N5. The van der Waals surface area contributed by atoms with Crippen molar-refractivity contribution in [3.8, 4) is 0 Å². The number of aromatic nitrogens is 3. The fraction of sp³-hybridized carbons (Fsp3) is 0. The summed E-state index contributed by atoms with van der Waals surface area (Å²) in [5.41, 5.74) is 7.24. The number of nitrogens with one attached hydrogen (secondary N) is 2. The Morgan fingerprint density at radius 2 is 1.44 bits per heavy atom. The van der Waals surface area contributed by atoms with Gasteiger partial charge in [0, 0.05) is 41.7 Å². The molecule has 5 nitrogen and oxygen atoms in total. The van der Waals surface area contributed by atoms with E-state index in [0.29, 0.717) is 11.3 Å². The van der Waals surface area contributed by atoms with Crippen molar-refractivity contribution >= 4 is 36.3 Å². The molecule has 0 amide bonds. The zero-order chi connectivity index (χ0) is 25.1. The zero-order valence-corrected chi connectivity index (χ0v) is 19.7. The molecule has 0 bridgehead atoms. The Balaban J connectivity index is 1.48. The van der Waals surface area contributed by atoms with Crippen LogP contribution in [0.1, 0.15) is 22.6 Å². The number of allylic oxidation sites excluding steroid dienone is 9. The first kappa shape index (κ1) is 22.7. The molecule has 3 aromatic heterocycles. The van der Waals surface area contributed by atoms with Gasteiger partial charge >= 0.3 is 0 Å². The highest BCUT2D eigenvalue weighted by atomic mass is 14.9. The Labute approximate surface area is 210 Å². The minimum absolute atomic E-state index is 0.182. The van der Waals surface area contributed by atoms with Crippen LogP contribution in [0.15, 0.2) is 121 Å². The van der Waals surface area contributed by atoms with Gasteiger partial charge < -0.3 is 14.5 Å². The maximum Gasteiger partial charge on any atom is 0.0816 e. The van der Waals surface area contributed by atoms with Crippen molar-refractivity contribution in [1.82, 2.24) is 14.1 Å². The summed E-state index contributed by atoms with van der Waals surface area (Å²) in [4.78, 5) is 4.50. The SMILES string of the molecule is C=CC1=Cc2cccn2C=C/C1=C\C(=N)c1ccc(/C=C2\C=Cn3cccc3C=C2C=C)ncc1=N. The minimum Gasteiger partial charge on any atom is -0.324 e. The van der Waals surface area contributed by atoms with E-state index in [4.69, 9.17) is 10.8 Å². The molecule has 0 aliphatic carbocycles. The topological polar surface area (TPSA) is 70.5 Å². The molecule has 0 saturated heterocycles. The molecular weight excluding hydrogens is 442 g/mol. The molecule has 3 aromatic rings. The molecule has 0 unspecified atom stereocenters. The van der Waals surface area contributed by atoms with Gasteiger partial charge in [0.1, 0.15) is 0 Å². The van der Waals surface area contributed by atoms with E-state index in [1.54, 1.807) is 18.2 Å². The predicted molar refractivity (Wildman–Crippen MR) is 149 cm³/mol. The van der Waals surface area contributed by atoms with Crippen LogP contribution in [0.25, 0.3) is 30.6 Å². The second kappa shape index (κ2) is 9.68. The molecule has 0 radical (unpaired) electrons. The predicted octanol–water partition coefficient (Wildman–Crippen LogP) is 6.35. The molecule has 36 heavy (non-hydrogen) atoms. The average Bonchev–Trinajstić information content (AvgIpc) is 3.39. The number of nitrogens with zero attached hydrogens (tertiary/aromatic N) is 3. The molecule has 174 valence electrons. The van der Waals surface area contributed by atoms with Crippen molar-refractivity contribution in [2.45, 2.75) is 0 Å². The lowest BCUT2D eigenvalue weighted by Gasteiger charge is -2.03. The van der Waals surface area contributed by atoms with Crippen LogP contribution in [-0.2, 0) is 0 Å². The summed E-state index contributed by atoms with van der Waals surface area (Å²) in [5, 5.41) is 17.4. The molecule has 5 rings (SSSR count). The molecule has 2 N–H and O–H groups in total. The minimum atomic E-state index is 0.182. The summed E-state index contributed by atoms with van der Waals surface area (Å²) in [6.07, 6.45) is 24.9. The first-order chi connectivity index (χ1) is 17.6. The van der Waals surface area contributed by atoms with Gasteiger partial charge in [0.05, 0.1) is 23.0 Å². The van der Waals surface area contributed by atoms with Crippen LogP contribution >= 0.6 is 0 Å². The second-order valence-electron chi connectivity index (χ2n) is 8.38. The third-order valence-electron chi connectivity index (χ3n) is 6.11. The van der Waals surface area contributed by atoms with E-state index in [1.807, 2.05) is 94.6 Å².